The minimum Gasteiger partial charge on any atom is -0.477 e. The van der Waals surface area contributed by atoms with Gasteiger partial charge in [0.15, 0.2) is 5.65 Å². The van der Waals surface area contributed by atoms with Crippen LogP contribution in [0.4, 0.5) is 0 Å². The highest BCUT2D eigenvalue weighted by Crippen LogP contribution is 2.39. The Balaban J connectivity index is 2.28. The summed E-state index contributed by atoms with van der Waals surface area (Å²) in [6, 6.07) is 1.75. The van der Waals surface area contributed by atoms with Crippen LogP contribution in [0.3, 0.4) is 0 Å². The van der Waals surface area contributed by atoms with E-state index in [1.165, 1.54) is 10.7 Å². The normalized spacial score (nSPS) is 15.6. The molecule has 6 heteroatoms. The Bertz CT molecular complexity index is 589. The van der Waals surface area contributed by atoms with Crippen LogP contribution in [0.2, 0.25) is 5.15 Å². The second-order valence-electron chi connectivity index (χ2n) is 3.88. The molecule has 1 aliphatic carbocycles. The van der Waals surface area contributed by atoms with Gasteiger partial charge >= 0.3 is 5.97 Å². The summed E-state index contributed by atoms with van der Waals surface area (Å²) in [6.45, 7) is 0. The van der Waals surface area contributed by atoms with Crippen LogP contribution in [-0.4, -0.2) is 25.7 Å². The van der Waals surface area contributed by atoms with Gasteiger partial charge in [0.2, 0.25) is 0 Å². The van der Waals surface area contributed by atoms with Crippen molar-refractivity contribution in [3.63, 3.8) is 0 Å². The molecule has 0 atom stereocenters. The first kappa shape index (κ1) is 9.59. The molecule has 0 amide bonds. The molecule has 0 bridgehead atoms. The van der Waals surface area contributed by atoms with E-state index in [9.17, 15) is 4.79 Å². The number of halogens is 1. The predicted molar refractivity (Wildman–Crippen MR) is 56.9 cm³/mol. The molecule has 1 fully saturated rings. The highest BCUT2D eigenvalue weighted by Gasteiger charge is 2.27. The van der Waals surface area contributed by atoms with Crippen LogP contribution in [0.5, 0.6) is 0 Å². The van der Waals surface area contributed by atoms with Gasteiger partial charge in [-0.3, -0.25) is 0 Å². The number of hydrogen-bond acceptors (Lipinski definition) is 3. The van der Waals surface area contributed by atoms with Gasteiger partial charge in [-0.2, -0.15) is 5.10 Å². The Labute approximate surface area is 95.7 Å². The molecule has 0 saturated heterocycles. The van der Waals surface area contributed by atoms with Gasteiger partial charge in [-0.05, 0) is 18.9 Å². The Morgan fingerprint density at radius 2 is 2.31 bits per heavy atom. The summed E-state index contributed by atoms with van der Waals surface area (Å²) in [5.41, 5.74) is 1.27. The van der Waals surface area contributed by atoms with E-state index in [0.29, 0.717) is 16.7 Å². The van der Waals surface area contributed by atoms with Crippen molar-refractivity contribution in [2.24, 2.45) is 0 Å². The Kier molecular flexibility index (Phi) is 1.91. The van der Waals surface area contributed by atoms with Gasteiger partial charge in [0.1, 0.15) is 10.7 Å². The molecule has 0 unspecified atom stereocenters. The second-order valence-corrected chi connectivity index (χ2v) is 4.26. The predicted octanol–water partition coefficient (Wildman–Crippen LogP) is 1.96. The number of aromatic carboxylic acids is 1. The van der Waals surface area contributed by atoms with E-state index in [0.717, 1.165) is 18.5 Å². The topological polar surface area (TPSA) is 67.5 Å². The molecule has 1 N–H and O–H groups in total. The third kappa shape index (κ3) is 1.36. The van der Waals surface area contributed by atoms with Gasteiger partial charge in [0, 0.05) is 11.6 Å². The maximum Gasteiger partial charge on any atom is 0.341 e. The molecule has 82 valence electrons. The minimum atomic E-state index is -1.04. The van der Waals surface area contributed by atoms with E-state index >= 15 is 0 Å². The fraction of sp³-hybridized carbons (Fsp3) is 0.300. The van der Waals surface area contributed by atoms with Gasteiger partial charge in [0.25, 0.3) is 0 Å². The number of aromatic nitrogens is 3. The molecule has 0 spiro atoms. The minimum absolute atomic E-state index is 0.0874. The van der Waals surface area contributed by atoms with Gasteiger partial charge in [0.05, 0.1) is 6.20 Å². The Hall–Kier alpha value is -1.62. The lowest BCUT2D eigenvalue weighted by atomic mass is 10.2. The Morgan fingerprint density at radius 3 is 2.94 bits per heavy atom. The molecule has 2 aromatic rings. The van der Waals surface area contributed by atoms with Crippen LogP contribution in [0.25, 0.3) is 5.65 Å². The van der Waals surface area contributed by atoms with Crippen LogP contribution >= 0.6 is 11.6 Å². The van der Waals surface area contributed by atoms with E-state index in [-0.39, 0.29) is 5.56 Å². The quantitative estimate of drug-likeness (QED) is 0.811. The summed E-state index contributed by atoms with van der Waals surface area (Å²) in [5, 5.41) is 13.3. The number of carbonyl (C=O) groups is 1. The van der Waals surface area contributed by atoms with Crippen molar-refractivity contribution in [3.05, 3.63) is 28.7 Å². The van der Waals surface area contributed by atoms with Crippen molar-refractivity contribution in [1.82, 2.24) is 14.6 Å². The standard InChI is InChI=1S/C10H8ClN3O2/c11-8-3-7(5-1-2-5)13-9-6(10(15)16)4-12-14(8)9/h3-5H,1-2H2,(H,15,16). The van der Waals surface area contributed by atoms with Crippen LogP contribution < -0.4 is 0 Å². The average molecular weight is 238 g/mol. The molecule has 0 aromatic carbocycles. The van der Waals surface area contributed by atoms with Crippen molar-refractivity contribution in [2.75, 3.05) is 0 Å². The number of carboxylic acids is 1. The highest BCUT2D eigenvalue weighted by molar-refractivity contribution is 6.29. The van der Waals surface area contributed by atoms with Crippen molar-refractivity contribution >= 4 is 23.2 Å². The average Bonchev–Trinajstić information content (AvgIpc) is 2.98. The van der Waals surface area contributed by atoms with E-state index in [2.05, 4.69) is 10.1 Å². The fourth-order valence-corrected chi connectivity index (χ4v) is 1.92. The smallest absolute Gasteiger partial charge is 0.341 e. The number of rotatable bonds is 2. The van der Waals surface area contributed by atoms with Gasteiger partial charge < -0.3 is 5.11 Å². The third-order valence-corrected chi connectivity index (χ3v) is 2.94. The lowest BCUT2D eigenvalue weighted by Crippen LogP contribution is -2.00. The maximum atomic E-state index is 10.9. The summed E-state index contributed by atoms with van der Waals surface area (Å²) in [5.74, 6) is -0.606. The number of fused-ring (bicyclic) bond motifs is 1. The zero-order valence-corrected chi connectivity index (χ0v) is 8.98. The zero-order valence-electron chi connectivity index (χ0n) is 8.22. The van der Waals surface area contributed by atoms with Crippen LogP contribution in [-0.2, 0) is 0 Å². The van der Waals surface area contributed by atoms with Crippen molar-refractivity contribution < 1.29 is 9.90 Å². The first-order valence-corrected chi connectivity index (χ1v) is 5.32. The SMILES string of the molecule is O=C(O)c1cnn2c(Cl)cc(C3CC3)nc12. The first-order valence-electron chi connectivity index (χ1n) is 4.94. The Morgan fingerprint density at radius 1 is 1.56 bits per heavy atom. The molecule has 2 aromatic heterocycles. The monoisotopic (exact) mass is 237 g/mol. The first-order chi connectivity index (χ1) is 7.66. The van der Waals surface area contributed by atoms with Crippen molar-refractivity contribution in [1.29, 1.82) is 0 Å². The van der Waals surface area contributed by atoms with E-state index < -0.39 is 5.97 Å². The second kappa shape index (κ2) is 3.18. The largest absolute Gasteiger partial charge is 0.477 e. The third-order valence-electron chi connectivity index (χ3n) is 2.67. The summed E-state index contributed by atoms with van der Waals surface area (Å²) in [6.07, 6.45) is 3.46. The molecular weight excluding hydrogens is 230 g/mol. The van der Waals surface area contributed by atoms with E-state index in [1.54, 1.807) is 6.07 Å². The van der Waals surface area contributed by atoms with Crippen molar-refractivity contribution in [2.45, 2.75) is 18.8 Å². The molecule has 0 radical (unpaired) electrons. The number of carboxylic acid groups (broad SMARTS) is 1. The molecule has 2 heterocycles. The summed E-state index contributed by atoms with van der Waals surface area (Å²) in [4.78, 5) is 15.3. The van der Waals surface area contributed by atoms with Gasteiger partial charge in [-0.25, -0.2) is 14.3 Å². The molecular formula is C10H8ClN3O2. The molecule has 1 saturated carbocycles. The molecule has 3 rings (SSSR count). The molecule has 5 nitrogen and oxygen atoms in total. The maximum absolute atomic E-state index is 10.9. The molecule has 0 aliphatic heterocycles. The van der Waals surface area contributed by atoms with Gasteiger partial charge in [-0.1, -0.05) is 11.6 Å². The van der Waals surface area contributed by atoms with Crippen molar-refractivity contribution in [3.8, 4) is 0 Å². The molecule has 16 heavy (non-hydrogen) atoms. The highest BCUT2D eigenvalue weighted by atomic mass is 35.5. The zero-order chi connectivity index (χ0) is 11.3. The van der Waals surface area contributed by atoms with E-state index in [1.807, 2.05) is 0 Å². The molecule has 1 aliphatic rings. The van der Waals surface area contributed by atoms with Gasteiger partial charge in [-0.15, -0.1) is 0 Å². The summed E-state index contributed by atoms with van der Waals surface area (Å²) < 4.78 is 1.34. The van der Waals surface area contributed by atoms with Crippen LogP contribution in [0.1, 0.15) is 34.8 Å². The number of nitrogens with zero attached hydrogens (tertiary/aromatic N) is 3. The van der Waals surface area contributed by atoms with E-state index in [4.69, 9.17) is 16.7 Å². The van der Waals surface area contributed by atoms with Crippen LogP contribution in [0, 0.1) is 0 Å². The summed E-state index contributed by atoms with van der Waals surface area (Å²) >= 11 is 6.02. The van der Waals surface area contributed by atoms with Crippen LogP contribution in [0.15, 0.2) is 12.3 Å². The lowest BCUT2D eigenvalue weighted by molar-refractivity contribution is 0.0699. The fourth-order valence-electron chi connectivity index (χ4n) is 1.68. The lowest BCUT2D eigenvalue weighted by Gasteiger charge is -2.01. The summed E-state index contributed by atoms with van der Waals surface area (Å²) in [7, 11) is 0. The number of hydrogen-bond donors (Lipinski definition) is 1.